The van der Waals surface area contributed by atoms with E-state index in [0.717, 1.165) is 11.3 Å². The Morgan fingerprint density at radius 1 is 1.50 bits per heavy atom. The standard InChI is InChI=1S/C14H17N3O2S/c1-9(15-2)12-8-20-14(16-12)17-13(19)7-10-4-3-5-11(18)6-10/h3-6,8-9,15,18H,7H2,1-2H3,(H,16,17,19). The van der Waals surface area contributed by atoms with E-state index in [1.807, 2.05) is 19.4 Å². The van der Waals surface area contributed by atoms with E-state index in [1.54, 1.807) is 24.3 Å². The second kappa shape index (κ2) is 6.49. The van der Waals surface area contributed by atoms with Crippen LogP contribution < -0.4 is 10.6 Å². The molecule has 3 N–H and O–H groups in total. The minimum absolute atomic E-state index is 0.145. The first-order valence-corrected chi connectivity index (χ1v) is 7.17. The number of phenols is 1. The Morgan fingerprint density at radius 2 is 2.30 bits per heavy atom. The monoisotopic (exact) mass is 291 g/mol. The number of aromatic hydroxyl groups is 1. The highest BCUT2D eigenvalue weighted by molar-refractivity contribution is 7.13. The first kappa shape index (κ1) is 14.5. The minimum atomic E-state index is -0.145. The Bertz CT molecular complexity index is 598. The molecule has 1 aromatic carbocycles. The van der Waals surface area contributed by atoms with E-state index in [-0.39, 0.29) is 24.1 Å². The van der Waals surface area contributed by atoms with Crippen LogP contribution in [0.5, 0.6) is 5.75 Å². The lowest BCUT2D eigenvalue weighted by molar-refractivity contribution is -0.115. The summed E-state index contributed by atoms with van der Waals surface area (Å²) in [6.45, 7) is 2.01. The highest BCUT2D eigenvalue weighted by Gasteiger charge is 2.10. The van der Waals surface area contributed by atoms with Gasteiger partial charge < -0.3 is 15.7 Å². The van der Waals surface area contributed by atoms with Crippen LogP contribution in [0.3, 0.4) is 0 Å². The van der Waals surface area contributed by atoms with Crippen molar-refractivity contribution in [2.24, 2.45) is 0 Å². The fraction of sp³-hybridized carbons (Fsp3) is 0.286. The second-order valence-corrected chi connectivity index (χ2v) is 5.34. The highest BCUT2D eigenvalue weighted by atomic mass is 32.1. The third-order valence-electron chi connectivity index (χ3n) is 2.92. The number of thiazole rings is 1. The quantitative estimate of drug-likeness (QED) is 0.790. The number of phenolic OH excluding ortho intramolecular Hbond substituents is 1. The van der Waals surface area contributed by atoms with Gasteiger partial charge in [-0.1, -0.05) is 12.1 Å². The molecule has 1 heterocycles. The van der Waals surface area contributed by atoms with Crippen molar-refractivity contribution in [1.82, 2.24) is 10.3 Å². The second-order valence-electron chi connectivity index (χ2n) is 4.48. The van der Waals surface area contributed by atoms with Gasteiger partial charge in [-0.3, -0.25) is 4.79 Å². The first-order chi connectivity index (χ1) is 9.58. The summed E-state index contributed by atoms with van der Waals surface area (Å²) in [7, 11) is 1.87. The fourth-order valence-electron chi connectivity index (χ4n) is 1.71. The summed E-state index contributed by atoms with van der Waals surface area (Å²) in [5, 5.41) is 17.7. The third-order valence-corrected chi connectivity index (χ3v) is 3.70. The molecular formula is C14H17N3O2S. The van der Waals surface area contributed by atoms with Crippen LogP contribution in [0.1, 0.15) is 24.2 Å². The number of carbonyl (C=O) groups excluding carboxylic acids is 1. The molecule has 0 fully saturated rings. The van der Waals surface area contributed by atoms with Crippen molar-refractivity contribution >= 4 is 22.4 Å². The van der Waals surface area contributed by atoms with Crippen LogP contribution >= 0.6 is 11.3 Å². The van der Waals surface area contributed by atoms with Gasteiger partial charge in [0.2, 0.25) is 5.91 Å². The zero-order chi connectivity index (χ0) is 14.5. The zero-order valence-corrected chi connectivity index (χ0v) is 12.2. The summed E-state index contributed by atoms with van der Waals surface area (Å²) in [5.41, 5.74) is 1.67. The smallest absolute Gasteiger partial charge is 0.230 e. The van der Waals surface area contributed by atoms with E-state index < -0.39 is 0 Å². The highest BCUT2D eigenvalue weighted by Crippen LogP contribution is 2.20. The van der Waals surface area contributed by atoms with Crippen LogP contribution in [0.2, 0.25) is 0 Å². The molecule has 0 aliphatic rings. The molecule has 5 nitrogen and oxygen atoms in total. The number of nitrogens with zero attached hydrogens (tertiary/aromatic N) is 1. The van der Waals surface area contributed by atoms with Crippen molar-refractivity contribution in [2.45, 2.75) is 19.4 Å². The van der Waals surface area contributed by atoms with Gasteiger partial charge in [0.05, 0.1) is 12.1 Å². The lowest BCUT2D eigenvalue weighted by Crippen LogP contribution is -2.15. The Kier molecular flexibility index (Phi) is 4.70. The Hall–Kier alpha value is -1.92. The van der Waals surface area contributed by atoms with E-state index in [0.29, 0.717) is 5.13 Å². The first-order valence-electron chi connectivity index (χ1n) is 6.29. The topological polar surface area (TPSA) is 74.2 Å². The molecule has 1 unspecified atom stereocenters. The number of rotatable bonds is 5. The number of anilines is 1. The van der Waals surface area contributed by atoms with E-state index in [4.69, 9.17) is 0 Å². The lowest BCUT2D eigenvalue weighted by Gasteiger charge is -2.05. The minimum Gasteiger partial charge on any atom is -0.508 e. The zero-order valence-electron chi connectivity index (χ0n) is 11.4. The fourth-order valence-corrected chi connectivity index (χ4v) is 2.53. The van der Waals surface area contributed by atoms with Gasteiger partial charge in [-0.15, -0.1) is 11.3 Å². The summed E-state index contributed by atoms with van der Waals surface area (Å²) in [4.78, 5) is 16.3. The molecule has 0 bridgehead atoms. The maximum absolute atomic E-state index is 11.9. The Balaban J connectivity index is 1.96. The van der Waals surface area contributed by atoms with Crippen molar-refractivity contribution in [1.29, 1.82) is 0 Å². The molecule has 0 aliphatic carbocycles. The molecule has 20 heavy (non-hydrogen) atoms. The van der Waals surface area contributed by atoms with Crippen molar-refractivity contribution in [2.75, 3.05) is 12.4 Å². The van der Waals surface area contributed by atoms with Gasteiger partial charge in [0.25, 0.3) is 0 Å². The molecule has 6 heteroatoms. The molecular weight excluding hydrogens is 274 g/mol. The predicted molar refractivity (Wildman–Crippen MR) is 80.0 cm³/mol. The number of benzene rings is 1. The molecule has 2 rings (SSSR count). The van der Waals surface area contributed by atoms with E-state index in [1.165, 1.54) is 11.3 Å². The van der Waals surface area contributed by atoms with Crippen LogP contribution in [0.25, 0.3) is 0 Å². The van der Waals surface area contributed by atoms with Crippen molar-refractivity contribution in [3.63, 3.8) is 0 Å². The van der Waals surface area contributed by atoms with Gasteiger partial charge in [0, 0.05) is 11.4 Å². The molecule has 0 aliphatic heterocycles. The van der Waals surface area contributed by atoms with Gasteiger partial charge in [-0.2, -0.15) is 0 Å². The normalized spacial score (nSPS) is 12.1. The third kappa shape index (κ3) is 3.79. The van der Waals surface area contributed by atoms with Crippen molar-refractivity contribution in [3.05, 3.63) is 40.9 Å². The van der Waals surface area contributed by atoms with Gasteiger partial charge >= 0.3 is 0 Å². The summed E-state index contributed by atoms with van der Waals surface area (Å²) in [6, 6.07) is 6.83. The Morgan fingerprint density at radius 3 is 3.00 bits per heavy atom. The van der Waals surface area contributed by atoms with E-state index in [9.17, 15) is 9.90 Å². The summed E-state index contributed by atoms with van der Waals surface area (Å²) in [5.74, 6) is 0.0169. The van der Waals surface area contributed by atoms with Crippen LogP contribution in [-0.2, 0) is 11.2 Å². The summed E-state index contributed by atoms with van der Waals surface area (Å²) >= 11 is 1.40. The number of amides is 1. The predicted octanol–water partition coefficient (Wildman–Crippen LogP) is 2.31. The molecule has 0 saturated heterocycles. The maximum Gasteiger partial charge on any atom is 0.230 e. The van der Waals surface area contributed by atoms with Crippen LogP contribution in [0.15, 0.2) is 29.6 Å². The molecule has 0 spiro atoms. The number of hydrogen-bond acceptors (Lipinski definition) is 5. The Labute approximate surface area is 121 Å². The number of hydrogen-bond donors (Lipinski definition) is 3. The van der Waals surface area contributed by atoms with Crippen LogP contribution in [0.4, 0.5) is 5.13 Å². The van der Waals surface area contributed by atoms with E-state index in [2.05, 4.69) is 15.6 Å². The molecule has 0 saturated carbocycles. The largest absolute Gasteiger partial charge is 0.508 e. The lowest BCUT2D eigenvalue weighted by atomic mass is 10.1. The van der Waals surface area contributed by atoms with Gasteiger partial charge in [0.1, 0.15) is 5.75 Å². The average molecular weight is 291 g/mol. The van der Waals surface area contributed by atoms with Crippen LogP contribution in [0, 0.1) is 0 Å². The van der Waals surface area contributed by atoms with Crippen LogP contribution in [-0.4, -0.2) is 23.0 Å². The average Bonchev–Trinajstić information content (AvgIpc) is 2.86. The SMILES string of the molecule is CNC(C)c1csc(NC(=O)Cc2cccc(O)c2)n1. The molecule has 1 atom stereocenters. The van der Waals surface area contributed by atoms with Crippen molar-refractivity contribution in [3.8, 4) is 5.75 Å². The molecule has 2 aromatic rings. The van der Waals surface area contributed by atoms with Gasteiger partial charge in [0.15, 0.2) is 5.13 Å². The number of nitrogens with one attached hydrogen (secondary N) is 2. The molecule has 106 valence electrons. The number of carbonyl (C=O) groups is 1. The summed E-state index contributed by atoms with van der Waals surface area (Å²) < 4.78 is 0. The maximum atomic E-state index is 11.9. The number of aromatic nitrogens is 1. The molecule has 0 radical (unpaired) electrons. The summed E-state index contributed by atoms with van der Waals surface area (Å²) in [6.07, 6.45) is 0.213. The molecule has 1 aromatic heterocycles. The van der Waals surface area contributed by atoms with Crippen molar-refractivity contribution < 1.29 is 9.90 Å². The van der Waals surface area contributed by atoms with Gasteiger partial charge in [-0.25, -0.2) is 4.98 Å². The van der Waals surface area contributed by atoms with Gasteiger partial charge in [-0.05, 0) is 31.7 Å². The molecule has 1 amide bonds. The van der Waals surface area contributed by atoms with E-state index >= 15 is 0 Å².